The van der Waals surface area contributed by atoms with E-state index in [9.17, 15) is 5.11 Å². The molecule has 1 heterocycles. The van der Waals surface area contributed by atoms with Crippen molar-refractivity contribution in [2.75, 3.05) is 0 Å². The standard InChI is InChI=1S/C12H13BrN2OS/c1-8(16)9-3-4-12(11(13)5-9)17-10-6-14-15(2)7-10/h3-8,16H,1-2H3/t8-/m0/s1. The zero-order valence-corrected chi connectivity index (χ0v) is 12.0. The summed E-state index contributed by atoms with van der Waals surface area (Å²) in [5, 5.41) is 13.6. The van der Waals surface area contributed by atoms with E-state index >= 15 is 0 Å². The minimum Gasteiger partial charge on any atom is -0.389 e. The van der Waals surface area contributed by atoms with Crippen LogP contribution in [0.25, 0.3) is 0 Å². The smallest absolute Gasteiger partial charge is 0.0762 e. The molecule has 1 N–H and O–H groups in total. The number of rotatable bonds is 3. The van der Waals surface area contributed by atoms with Gasteiger partial charge in [-0.3, -0.25) is 4.68 Å². The van der Waals surface area contributed by atoms with Crippen molar-refractivity contribution >= 4 is 27.7 Å². The second-order valence-corrected chi connectivity index (χ2v) is 5.79. The molecule has 1 atom stereocenters. The number of aliphatic hydroxyl groups is 1. The molecular formula is C12H13BrN2OS. The minimum absolute atomic E-state index is 0.441. The molecule has 17 heavy (non-hydrogen) atoms. The van der Waals surface area contributed by atoms with Crippen molar-refractivity contribution in [3.63, 3.8) is 0 Å². The summed E-state index contributed by atoms with van der Waals surface area (Å²) < 4.78 is 2.77. The first-order valence-corrected chi connectivity index (χ1v) is 6.81. The van der Waals surface area contributed by atoms with Crippen LogP contribution in [0.3, 0.4) is 0 Å². The van der Waals surface area contributed by atoms with E-state index in [-0.39, 0.29) is 0 Å². The van der Waals surface area contributed by atoms with Crippen molar-refractivity contribution < 1.29 is 5.11 Å². The van der Waals surface area contributed by atoms with Crippen molar-refractivity contribution in [2.24, 2.45) is 7.05 Å². The molecular weight excluding hydrogens is 300 g/mol. The normalized spacial score (nSPS) is 12.7. The van der Waals surface area contributed by atoms with E-state index in [0.29, 0.717) is 0 Å². The predicted octanol–water partition coefficient (Wildman–Crippen LogP) is 3.39. The largest absolute Gasteiger partial charge is 0.389 e. The molecule has 0 aliphatic carbocycles. The van der Waals surface area contributed by atoms with E-state index in [2.05, 4.69) is 21.0 Å². The van der Waals surface area contributed by atoms with Crippen LogP contribution in [-0.2, 0) is 7.05 Å². The highest BCUT2D eigenvalue weighted by Crippen LogP contribution is 2.34. The van der Waals surface area contributed by atoms with Crippen molar-refractivity contribution in [3.05, 3.63) is 40.6 Å². The SMILES string of the molecule is C[C@H](O)c1ccc(Sc2cnn(C)c2)c(Br)c1. The summed E-state index contributed by atoms with van der Waals surface area (Å²) in [5.41, 5.74) is 0.910. The monoisotopic (exact) mass is 312 g/mol. The predicted molar refractivity (Wildman–Crippen MR) is 72.1 cm³/mol. The van der Waals surface area contributed by atoms with E-state index in [4.69, 9.17) is 0 Å². The van der Waals surface area contributed by atoms with E-state index < -0.39 is 6.10 Å². The molecule has 0 saturated heterocycles. The Morgan fingerprint density at radius 1 is 1.47 bits per heavy atom. The van der Waals surface area contributed by atoms with Gasteiger partial charge in [0.05, 0.1) is 17.2 Å². The molecule has 0 aliphatic rings. The highest BCUT2D eigenvalue weighted by molar-refractivity contribution is 9.10. The fourth-order valence-electron chi connectivity index (χ4n) is 1.44. The third-order valence-corrected chi connectivity index (χ3v) is 4.29. The van der Waals surface area contributed by atoms with Gasteiger partial charge in [0, 0.05) is 22.6 Å². The number of nitrogens with zero attached hydrogens (tertiary/aromatic N) is 2. The maximum Gasteiger partial charge on any atom is 0.0762 e. The molecule has 0 aliphatic heterocycles. The first-order chi connectivity index (χ1) is 8.06. The van der Waals surface area contributed by atoms with Crippen LogP contribution in [0.5, 0.6) is 0 Å². The van der Waals surface area contributed by atoms with E-state index in [1.807, 2.05) is 37.6 Å². The maximum atomic E-state index is 9.49. The Hall–Kier alpha value is -0.780. The van der Waals surface area contributed by atoms with Gasteiger partial charge in [-0.2, -0.15) is 5.10 Å². The topological polar surface area (TPSA) is 38.1 Å². The molecule has 2 aromatic rings. The molecule has 0 unspecified atom stereocenters. The second kappa shape index (κ2) is 5.25. The third kappa shape index (κ3) is 3.12. The molecule has 2 rings (SSSR count). The first kappa shape index (κ1) is 12.7. The zero-order chi connectivity index (χ0) is 12.4. The summed E-state index contributed by atoms with van der Waals surface area (Å²) >= 11 is 5.16. The number of aliphatic hydroxyl groups excluding tert-OH is 1. The minimum atomic E-state index is -0.441. The highest BCUT2D eigenvalue weighted by atomic mass is 79.9. The quantitative estimate of drug-likeness (QED) is 0.944. The lowest BCUT2D eigenvalue weighted by Gasteiger charge is -2.08. The van der Waals surface area contributed by atoms with E-state index in [0.717, 1.165) is 19.8 Å². The van der Waals surface area contributed by atoms with Crippen LogP contribution in [0, 0.1) is 0 Å². The number of hydrogen-bond donors (Lipinski definition) is 1. The van der Waals surface area contributed by atoms with Crippen molar-refractivity contribution in [3.8, 4) is 0 Å². The number of aryl methyl sites for hydroxylation is 1. The Balaban J connectivity index is 2.22. The molecule has 1 aromatic carbocycles. The molecule has 0 bridgehead atoms. The van der Waals surface area contributed by atoms with Crippen LogP contribution in [0.15, 0.2) is 44.9 Å². The van der Waals surface area contributed by atoms with Gasteiger partial charge < -0.3 is 5.11 Å². The van der Waals surface area contributed by atoms with Gasteiger partial charge >= 0.3 is 0 Å². The summed E-state index contributed by atoms with van der Waals surface area (Å²) in [6.45, 7) is 1.76. The first-order valence-electron chi connectivity index (χ1n) is 5.20. The average Bonchev–Trinajstić information content (AvgIpc) is 2.67. The summed E-state index contributed by atoms with van der Waals surface area (Å²) in [7, 11) is 1.90. The lowest BCUT2D eigenvalue weighted by molar-refractivity contribution is 0.199. The summed E-state index contributed by atoms with van der Waals surface area (Å²) in [4.78, 5) is 2.21. The van der Waals surface area contributed by atoms with Gasteiger partial charge in [-0.25, -0.2) is 0 Å². The Bertz CT molecular complexity index is 525. The average molecular weight is 313 g/mol. The van der Waals surface area contributed by atoms with Crippen molar-refractivity contribution in [1.29, 1.82) is 0 Å². The van der Waals surface area contributed by atoms with E-state index in [1.54, 1.807) is 23.4 Å². The Morgan fingerprint density at radius 3 is 2.76 bits per heavy atom. The van der Waals surface area contributed by atoms with Gasteiger partial charge in [0.1, 0.15) is 0 Å². The second-order valence-electron chi connectivity index (χ2n) is 3.82. The molecule has 0 amide bonds. The van der Waals surface area contributed by atoms with Crippen molar-refractivity contribution in [1.82, 2.24) is 9.78 Å². The molecule has 0 saturated carbocycles. The molecule has 0 fully saturated rings. The van der Waals surface area contributed by atoms with Gasteiger partial charge in [0.2, 0.25) is 0 Å². The lowest BCUT2D eigenvalue weighted by Crippen LogP contribution is -1.90. The van der Waals surface area contributed by atoms with Crippen LogP contribution in [-0.4, -0.2) is 14.9 Å². The fraction of sp³-hybridized carbons (Fsp3) is 0.250. The summed E-state index contributed by atoms with van der Waals surface area (Å²) in [6.07, 6.45) is 3.36. The molecule has 1 aromatic heterocycles. The Labute approximate surface area is 113 Å². The fourth-order valence-corrected chi connectivity index (χ4v) is 2.93. The molecule has 5 heteroatoms. The molecule has 3 nitrogen and oxygen atoms in total. The zero-order valence-electron chi connectivity index (χ0n) is 9.59. The van der Waals surface area contributed by atoms with Crippen LogP contribution in [0.4, 0.5) is 0 Å². The molecule has 0 radical (unpaired) electrons. The lowest BCUT2D eigenvalue weighted by atomic mass is 10.1. The number of halogens is 1. The van der Waals surface area contributed by atoms with Crippen LogP contribution >= 0.6 is 27.7 Å². The van der Waals surface area contributed by atoms with Gasteiger partial charge in [0.25, 0.3) is 0 Å². The maximum absolute atomic E-state index is 9.49. The van der Waals surface area contributed by atoms with Crippen LogP contribution in [0.1, 0.15) is 18.6 Å². The number of benzene rings is 1. The van der Waals surface area contributed by atoms with Gasteiger partial charge in [0.15, 0.2) is 0 Å². The third-order valence-electron chi connectivity index (χ3n) is 2.35. The van der Waals surface area contributed by atoms with Gasteiger partial charge in [-0.15, -0.1) is 0 Å². The number of hydrogen-bond acceptors (Lipinski definition) is 3. The summed E-state index contributed by atoms with van der Waals surface area (Å²) in [6, 6.07) is 5.89. The van der Waals surface area contributed by atoms with Crippen molar-refractivity contribution in [2.45, 2.75) is 22.8 Å². The van der Waals surface area contributed by atoms with Gasteiger partial charge in [-0.1, -0.05) is 17.8 Å². The van der Waals surface area contributed by atoms with Crippen LogP contribution in [0.2, 0.25) is 0 Å². The summed E-state index contributed by atoms with van der Waals surface area (Å²) in [5.74, 6) is 0. The highest BCUT2D eigenvalue weighted by Gasteiger charge is 2.07. The Kier molecular flexibility index (Phi) is 3.91. The van der Waals surface area contributed by atoms with Crippen LogP contribution < -0.4 is 0 Å². The van der Waals surface area contributed by atoms with E-state index in [1.165, 1.54) is 0 Å². The number of aromatic nitrogens is 2. The van der Waals surface area contributed by atoms with Gasteiger partial charge in [-0.05, 0) is 40.5 Å². The Morgan fingerprint density at radius 2 is 2.24 bits per heavy atom. The molecule has 90 valence electrons. The molecule has 0 spiro atoms.